The molecule has 1 N–H and O–H groups in total. The molecule has 0 aliphatic carbocycles. The molecule has 1 amide bonds. The summed E-state index contributed by atoms with van der Waals surface area (Å²) in [6.07, 6.45) is 0.416. The van der Waals surface area contributed by atoms with E-state index in [9.17, 15) is 14.9 Å². The van der Waals surface area contributed by atoms with Crippen LogP contribution in [0, 0.1) is 10.1 Å². The first kappa shape index (κ1) is 21.7. The van der Waals surface area contributed by atoms with Crippen LogP contribution in [0.1, 0.15) is 27.9 Å². The molecule has 1 atom stereocenters. The summed E-state index contributed by atoms with van der Waals surface area (Å²) in [7, 11) is 1.56. The number of ether oxygens (including phenoxy) is 1. The summed E-state index contributed by atoms with van der Waals surface area (Å²) >= 11 is 0. The van der Waals surface area contributed by atoms with Gasteiger partial charge in [-0.15, -0.1) is 0 Å². The lowest BCUT2D eigenvalue weighted by Crippen LogP contribution is -2.30. The van der Waals surface area contributed by atoms with E-state index in [1.807, 2.05) is 30.3 Å². The van der Waals surface area contributed by atoms with Crippen molar-refractivity contribution in [1.82, 2.24) is 15.5 Å². The van der Waals surface area contributed by atoms with Gasteiger partial charge in [-0.3, -0.25) is 14.9 Å². The zero-order valence-electron chi connectivity index (χ0n) is 17.7. The molecule has 0 saturated heterocycles. The maximum atomic E-state index is 12.9. The fourth-order valence-corrected chi connectivity index (χ4v) is 3.29. The average Bonchev–Trinajstić information content (AvgIpc) is 3.35. The van der Waals surface area contributed by atoms with Crippen molar-refractivity contribution >= 4 is 11.6 Å². The van der Waals surface area contributed by atoms with Gasteiger partial charge in [-0.2, -0.15) is 4.98 Å². The number of nitro groups is 1. The van der Waals surface area contributed by atoms with Gasteiger partial charge in [0.2, 0.25) is 11.7 Å². The van der Waals surface area contributed by atoms with Crippen molar-refractivity contribution in [3.05, 3.63) is 106 Å². The van der Waals surface area contributed by atoms with E-state index in [4.69, 9.17) is 9.26 Å². The topological polar surface area (TPSA) is 120 Å². The molecule has 0 unspecified atom stereocenters. The molecule has 0 radical (unpaired) electrons. The second-order valence-electron chi connectivity index (χ2n) is 7.21. The van der Waals surface area contributed by atoms with Gasteiger partial charge < -0.3 is 14.6 Å². The highest BCUT2D eigenvalue weighted by molar-refractivity contribution is 5.94. The fourth-order valence-electron chi connectivity index (χ4n) is 3.29. The van der Waals surface area contributed by atoms with Crippen molar-refractivity contribution in [2.24, 2.45) is 0 Å². The first-order valence-electron chi connectivity index (χ1n) is 10.1. The van der Waals surface area contributed by atoms with E-state index in [0.29, 0.717) is 23.3 Å². The van der Waals surface area contributed by atoms with Gasteiger partial charge in [0.25, 0.3) is 11.6 Å². The summed E-state index contributed by atoms with van der Waals surface area (Å²) in [5.74, 6) is 0.729. The smallest absolute Gasteiger partial charge is 0.270 e. The Morgan fingerprint density at radius 2 is 1.85 bits per heavy atom. The highest BCUT2D eigenvalue weighted by atomic mass is 16.6. The Morgan fingerprint density at radius 1 is 1.09 bits per heavy atom. The van der Waals surface area contributed by atoms with E-state index >= 15 is 0 Å². The number of hydrogen-bond acceptors (Lipinski definition) is 7. The van der Waals surface area contributed by atoms with Crippen LogP contribution >= 0.6 is 0 Å². The summed E-state index contributed by atoms with van der Waals surface area (Å²) in [6, 6.07) is 21.7. The number of benzene rings is 3. The second-order valence-corrected chi connectivity index (χ2v) is 7.21. The summed E-state index contributed by atoms with van der Waals surface area (Å²) in [4.78, 5) is 27.9. The van der Waals surface area contributed by atoms with Crippen LogP contribution in [0.3, 0.4) is 0 Å². The first-order chi connectivity index (χ1) is 16.0. The molecule has 0 spiro atoms. The lowest BCUT2D eigenvalue weighted by molar-refractivity contribution is -0.384. The molecular weight excluding hydrogens is 424 g/mol. The fraction of sp³-hybridized carbons (Fsp3) is 0.125. The van der Waals surface area contributed by atoms with Crippen molar-refractivity contribution < 1.29 is 19.0 Å². The second kappa shape index (κ2) is 9.73. The van der Waals surface area contributed by atoms with E-state index in [1.165, 1.54) is 12.1 Å². The molecule has 4 rings (SSSR count). The molecule has 3 aromatic carbocycles. The van der Waals surface area contributed by atoms with Crippen molar-refractivity contribution in [3.63, 3.8) is 0 Å². The number of methoxy groups -OCH3 is 1. The number of nitro benzene ring substituents is 1. The summed E-state index contributed by atoms with van der Waals surface area (Å²) in [6.45, 7) is 0. The number of carbonyl (C=O) groups excluding carboxylic acids is 1. The first-order valence-corrected chi connectivity index (χ1v) is 10.1. The van der Waals surface area contributed by atoms with Crippen LogP contribution in [0.15, 0.2) is 83.4 Å². The van der Waals surface area contributed by atoms with Crippen LogP contribution < -0.4 is 10.1 Å². The summed E-state index contributed by atoms with van der Waals surface area (Å²) in [5, 5.41) is 18.0. The largest absolute Gasteiger partial charge is 0.497 e. The Kier molecular flexibility index (Phi) is 6.40. The van der Waals surface area contributed by atoms with Crippen molar-refractivity contribution in [3.8, 4) is 17.1 Å². The maximum Gasteiger partial charge on any atom is 0.270 e. The zero-order valence-corrected chi connectivity index (χ0v) is 17.7. The molecule has 9 heteroatoms. The number of nitrogens with zero attached hydrogens (tertiary/aromatic N) is 3. The van der Waals surface area contributed by atoms with E-state index in [0.717, 1.165) is 5.56 Å². The van der Waals surface area contributed by atoms with Gasteiger partial charge in [0, 0.05) is 29.7 Å². The third kappa shape index (κ3) is 5.21. The number of hydrogen-bond donors (Lipinski definition) is 1. The Hall–Kier alpha value is -4.53. The van der Waals surface area contributed by atoms with Crippen molar-refractivity contribution in [2.45, 2.75) is 12.5 Å². The van der Waals surface area contributed by atoms with Gasteiger partial charge in [0.05, 0.1) is 12.0 Å². The Balaban J connectivity index is 1.61. The Morgan fingerprint density at radius 3 is 2.55 bits per heavy atom. The predicted octanol–water partition coefficient (Wildman–Crippen LogP) is 4.37. The lowest BCUT2D eigenvalue weighted by atomic mass is 10.1. The molecule has 0 aliphatic rings. The van der Waals surface area contributed by atoms with Crippen LogP contribution in [-0.2, 0) is 6.42 Å². The van der Waals surface area contributed by atoms with Crippen LogP contribution in [0.2, 0.25) is 0 Å². The lowest BCUT2D eigenvalue weighted by Gasteiger charge is -2.15. The van der Waals surface area contributed by atoms with Gasteiger partial charge in [-0.1, -0.05) is 47.6 Å². The number of amides is 1. The number of non-ortho nitro benzene ring substituents is 1. The molecule has 1 heterocycles. The van der Waals surface area contributed by atoms with Crippen molar-refractivity contribution in [1.29, 1.82) is 0 Å². The van der Waals surface area contributed by atoms with Gasteiger partial charge in [0.1, 0.15) is 11.8 Å². The monoisotopic (exact) mass is 444 g/mol. The van der Waals surface area contributed by atoms with Crippen LogP contribution in [0.4, 0.5) is 5.69 Å². The third-order valence-corrected chi connectivity index (χ3v) is 5.00. The van der Waals surface area contributed by atoms with Crippen LogP contribution in [-0.4, -0.2) is 28.1 Å². The van der Waals surface area contributed by atoms with E-state index in [2.05, 4.69) is 15.5 Å². The molecule has 0 bridgehead atoms. The molecule has 0 fully saturated rings. The summed E-state index contributed by atoms with van der Waals surface area (Å²) in [5.41, 5.74) is 1.78. The molecule has 1 aromatic heterocycles. The summed E-state index contributed by atoms with van der Waals surface area (Å²) < 4.78 is 10.6. The highest BCUT2D eigenvalue weighted by Gasteiger charge is 2.23. The molecule has 0 saturated carbocycles. The van der Waals surface area contributed by atoms with Gasteiger partial charge in [-0.25, -0.2) is 0 Å². The van der Waals surface area contributed by atoms with Gasteiger partial charge in [-0.05, 0) is 29.8 Å². The molecule has 9 nitrogen and oxygen atoms in total. The van der Waals surface area contributed by atoms with E-state index in [-0.39, 0.29) is 23.3 Å². The van der Waals surface area contributed by atoms with E-state index in [1.54, 1.807) is 43.5 Å². The van der Waals surface area contributed by atoms with Gasteiger partial charge >= 0.3 is 0 Å². The minimum Gasteiger partial charge on any atom is -0.497 e. The zero-order chi connectivity index (χ0) is 23.2. The minimum atomic E-state index is -0.609. The quantitative estimate of drug-likeness (QED) is 0.316. The minimum absolute atomic E-state index is 0.0764. The van der Waals surface area contributed by atoms with E-state index < -0.39 is 11.0 Å². The predicted molar refractivity (Wildman–Crippen MR) is 120 cm³/mol. The molecule has 0 aliphatic heterocycles. The van der Waals surface area contributed by atoms with Crippen molar-refractivity contribution in [2.75, 3.05) is 7.11 Å². The molecule has 4 aromatic rings. The Labute approximate surface area is 189 Å². The number of rotatable bonds is 8. The number of aromatic nitrogens is 2. The standard InChI is InChI=1S/C24H20N4O5/c1-32-20-12-10-17(11-13-20)23(29)25-21(14-16-6-3-2-4-7-16)24-26-22(27-33-24)18-8-5-9-19(15-18)28(30)31/h2-13,15,21H,14H2,1H3,(H,25,29)/t21-/m0/s1. The van der Waals surface area contributed by atoms with Crippen LogP contribution in [0.25, 0.3) is 11.4 Å². The molecule has 33 heavy (non-hydrogen) atoms. The SMILES string of the molecule is COc1ccc(C(=O)N[C@@H](Cc2ccccc2)c2nc(-c3cccc([N+](=O)[O-])c3)no2)cc1. The number of nitrogens with one attached hydrogen (secondary N) is 1. The third-order valence-electron chi connectivity index (χ3n) is 5.00. The number of carbonyl (C=O) groups is 1. The molecule has 166 valence electrons. The van der Waals surface area contributed by atoms with Crippen LogP contribution in [0.5, 0.6) is 5.75 Å². The average molecular weight is 444 g/mol. The van der Waals surface area contributed by atoms with Gasteiger partial charge in [0.15, 0.2) is 0 Å². The molecular formula is C24H20N4O5. The Bertz CT molecular complexity index is 1260. The highest BCUT2D eigenvalue weighted by Crippen LogP contribution is 2.25. The maximum absolute atomic E-state index is 12.9. The normalized spacial score (nSPS) is 11.5.